The Labute approximate surface area is 113 Å². The Morgan fingerprint density at radius 1 is 1.11 bits per heavy atom. The largest absolute Gasteiger partial charge is 0.481 e. The molecule has 1 aromatic rings. The first kappa shape index (κ1) is 13.6. The van der Waals surface area contributed by atoms with Gasteiger partial charge < -0.3 is 10.0 Å². The molecule has 4 heteroatoms. The number of rotatable bonds is 3. The van der Waals surface area contributed by atoms with Crippen molar-refractivity contribution in [1.82, 2.24) is 4.90 Å². The van der Waals surface area contributed by atoms with Gasteiger partial charge in [0.05, 0.1) is 5.92 Å². The summed E-state index contributed by atoms with van der Waals surface area (Å²) in [5, 5.41) is 8.97. The fraction of sp³-hybridized carbons (Fsp3) is 0.467. The summed E-state index contributed by atoms with van der Waals surface area (Å²) in [6.07, 6.45) is 2.86. The standard InChI is InChI=1S/C15H19NO3/c1-16(14(17)11-5-3-2-4-6-11)13-9-7-12(8-10-13)15(18)19/h2-6,12-13H,7-10H2,1H3,(H,18,19). The van der Waals surface area contributed by atoms with E-state index in [4.69, 9.17) is 5.11 Å². The minimum atomic E-state index is -0.713. The number of carbonyl (C=O) groups excluding carboxylic acids is 1. The van der Waals surface area contributed by atoms with Crippen LogP contribution in [0, 0.1) is 5.92 Å². The molecule has 1 aliphatic rings. The monoisotopic (exact) mass is 261 g/mol. The Morgan fingerprint density at radius 2 is 1.68 bits per heavy atom. The molecule has 0 aliphatic heterocycles. The van der Waals surface area contributed by atoms with E-state index in [0.29, 0.717) is 18.4 Å². The van der Waals surface area contributed by atoms with Crippen molar-refractivity contribution in [3.63, 3.8) is 0 Å². The van der Waals surface area contributed by atoms with E-state index in [1.165, 1.54) is 0 Å². The Bertz CT molecular complexity index is 450. The molecular formula is C15H19NO3. The number of hydrogen-bond acceptors (Lipinski definition) is 2. The van der Waals surface area contributed by atoms with Crippen LogP contribution >= 0.6 is 0 Å². The summed E-state index contributed by atoms with van der Waals surface area (Å²) in [7, 11) is 1.81. The first-order valence-electron chi connectivity index (χ1n) is 6.64. The zero-order valence-electron chi connectivity index (χ0n) is 11.1. The third kappa shape index (κ3) is 3.13. The number of carboxylic acids is 1. The predicted molar refractivity (Wildman–Crippen MR) is 71.9 cm³/mol. The summed E-state index contributed by atoms with van der Waals surface area (Å²) in [6.45, 7) is 0. The van der Waals surface area contributed by atoms with E-state index in [-0.39, 0.29) is 17.9 Å². The van der Waals surface area contributed by atoms with Gasteiger partial charge >= 0.3 is 5.97 Å². The van der Waals surface area contributed by atoms with E-state index in [1.807, 2.05) is 30.3 Å². The van der Waals surface area contributed by atoms with Crippen molar-refractivity contribution in [2.24, 2.45) is 5.92 Å². The van der Waals surface area contributed by atoms with Crippen LogP contribution < -0.4 is 0 Å². The molecule has 0 unspecified atom stereocenters. The lowest BCUT2D eigenvalue weighted by Gasteiger charge is -2.33. The highest BCUT2D eigenvalue weighted by molar-refractivity contribution is 5.94. The van der Waals surface area contributed by atoms with Crippen molar-refractivity contribution in [3.05, 3.63) is 35.9 Å². The Morgan fingerprint density at radius 3 is 2.21 bits per heavy atom. The second kappa shape index (κ2) is 5.87. The lowest BCUT2D eigenvalue weighted by atomic mass is 9.85. The van der Waals surface area contributed by atoms with Crippen LogP contribution in [0.1, 0.15) is 36.0 Å². The van der Waals surface area contributed by atoms with Crippen molar-refractivity contribution in [2.45, 2.75) is 31.7 Å². The first-order valence-corrected chi connectivity index (χ1v) is 6.64. The maximum Gasteiger partial charge on any atom is 0.306 e. The summed E-state index contributed by atoms with van der Waals surface area (Å²) >= 11 is 0. The average Bonchev–Trinajstić information content (AvgIpc) is 2.46. The van der Waals surface area contributed by atoms with Gasteiger partial charge in [-0.25, -0.2) is 0 Å². The molecule has 1 aliphatic carbocycles. The second-order valence-electron chi connectivity index (χ2n) is 5.13. The fourth-order valence-electron chi connectivity index (χ4n) is 2.66. The van der Waals surface area contributed by atoms with Crippen LogP contribution in [0.5, 0.6) is 0 Å². The van der Waals surface area contributed by atoms with Crippen LogP contribution in [0.25, 0.3) is 0 Å². The number of nitrogens with zero attached hydrogens (tertiary/aromatic N) is 1. The van der Waals surface area contributed by atoms with E-state index in [0.717, 1.165) is 12.8 Å². The molecule has 4 nitrogen and oxygen atoms in total. The van der Waals surface area contributed by atoms with Gasteiger partial charge in [-0.15, -0.1) is 0 Å². The molecule has 19 heavy (non-hydrogen) atoms. The molecule has 102 valence electrons. The minimum absolute atomic E-state index is 0.0133. The Balaban J connectivity index is 1.96. The molecule has 2 rings (SSSR count). The summed E-state index contributed by atoms with van der Waals surface area (Å²) in [4.78, 5) is 24.9. The van der Waals surface area contributed by atoms with Gasteiger partial charge in [-0.3, -0.25) is 9.59 Å². The summed E-state index contributed by atoms with van der Waals surface area (Å²) < 4.78 is 0. The van der Waals surface area contributed by atoms with E-state index in [2.05, 4.69) is 0 Å². The number of benzene rings is 1. The van der Waals surface area contributed by atoms with Gasteiger partial charge in [0, 0.05) is 18.7 Å². The van der Waals surface area contributed by atoms with Crippen LogP contribution in [0.2, 0.25) is 0 Å². The molecule has 0 spiro atoms. The number of hydrogen-bond donors (Lipinski definition) is 1. The molecule has 1 N–H and O–H groups in total. The molecule has 1 fully saturated rings. The molecule has 0 atom stereocenters. The number of carboxylic acid groups (broad SMARTS) is 1. The van der Waals surface area contributed by atoms with Gasteiger partial charge in [0.1, 0.15) is 0 Å². The maximum absolute atomic E-state index is 12.3. The van der Waals surface area contributed by atoms with Crippen molar-refractivity contribution < 1.29 is 14.7 Å². The minimum Gasteiger partial charge on any atom is -0.481 e. The normalized spacial score (nSPS) is 22.8. The van der Waals surface area contributed by atoms with Gasteiger partial charge in [0.2, 0.25) is 0 Å². The molecule has 0 radical (unpaired) electrons. The zero-order valence-corrected chi connectivity index (χ0v) is 11.1. The van der Waals surface area contributed by atoms with Crippen LogP contribution in [-0.2, 0) is 4.79 Å². The maximum atomic E-state index is 12.3. The van der Waals surface area contributed by atoms with Crippen molar-refractivity contribution in [1.29, 1.82) is 0 Å². The van der Waals surface area contributed by atoms with Crippen LogP contribution in [0.3, 0.4) is 0 Å². The van der Waals surface area contributed by atoms with Crippen LogP contribution in [-0.4, -0.2) is 35.0 Å². The zero-order chi connectivity index (χ0) is 13.8. The highest BCUT2D eigenvalue weighted by Gasteiger charge is 2.29. The number of carbonyl (C=O) groups is 2. The summed E-state index contributed by atoms with van der Waals surface area (Å²) in [5.41, 5.74) is 0.686. The fourth-order valence-corrected chi connectivity index (χ4v) is 2.66. The quantitative estimate of drug-likeness (QED) is 0.909. The summed E-state index contributed by atoms with van der Waals surface area (Å²) in [5.74, 6) is -0.939. The van der Waals surface area contributed by atoms with Crippen LogP contribution in [0.15, 0.2) is 30.3 Å². The van der Waals surface area contributed by atoms with Gasteiger partial charge in [-0.05, 0) is 37.8 Å². The highest BCUT2D eigenvalue weighted by Crippen LogP contribution is 2.27. The Kier molecular flexibility index (Phi) is 4.20. The van der Waals surface area contributed by atoms with Gasteiger partial charge in [-0.2, -0.15) is 0 Å². The molecule has 0 bridgehead atoms. The third-order valence-electron chi connectivity index (χ3n) is 3.93. The number of aliphatic carboxylic acids is 1. The number of amides is 1. The van der Waals surface area contributed by atoms with E-state index in [9.17, 15) is 9.59 Å². The Hall–Kier alpha value is -1.84. The van der Waals surface area contributed by atoms with Crippen molar-refractivity contribution in [2.75, 3.05) is 7.05 Å². The lowest BCUT2D eigenvalue weighted by molar-refractivity contribution is -0.143. The smallest absolute Gasteiger partial charge is 0.306 e. The summed E-state index contributed by atoms with van der Waals surface area (Å²) in [6, 6.07) is 9.35. The molecule has 0 aromatic heterocycles. The van der Waals surface area contributed by atoms with E-state index in [1.54, 1.807) is 11.9 Å². The van der Waals surface area contributed by atoms with Crippen molar-refractivity contribution >= 4 is 11.9 Å². The topological polar surface area (TPSA) is 57.6 Å². The van der Waals surface area contributed by atoms with E-state index < -0.39 is 5.97 Å². The lowest BCUT2D eigenvalue weighted by Crippen LogP contribution is -2.40. The molecule has 0 heterocycles. The van der Waals surface area contributed by atoms with Crippen LogP contribution in [0.4, 0.5) is 0 Å². The third-order valence-corrected chi connectivity index (χ3v) is 3.93. The first-order chi connectivity index (χ1) is 9.09. The molecule has 0 saturated heterocycles. The molecule has 1 amide bonds. The molecule has 1 aromatic carbocycles. The second-order valence-corrected chi connectivity index (χ2v) is 5.13. The van der Waals surface area contributed by atoms with E-state index >= 15 is 0 Å². The SMILES string of the molecule is CN(C(=O)c1ccccc1)C1CCC(C(=O)O)CC1. The average molecular weight is 261 g/mol. The van der Waals surface area contributed by atoms with Gasteiger partial charge in [-0.1, -0.05) is 18.2 Å². The predicted octanol–water partition coefficient (Wildman–Crippen LogP) is 2.40. The van der Waals surface area contributed by atoms with Gasteiger partial charge in [0.15, 0.2) is 0 Å². The van der Waals surface area contributed by atoms with Crippen molar-refractivity contribution in [3.8, 4) is 0 Å². The highest BCUT2D eigenvalue weighted by atomic mass is 16.4. The molecular weight excluding hydrogens is 242 g/mol. The van der Waals surface area contributed by atoms with Gasteiger partial charge in [0.25, 0.3) is 5.91 Å². The molecule has 1 saturated carbocycles.